The normalized spacial score (nSPS) is 9.33. The fraction of sp³-hybridized carbons (Fsp3) is 0.125. The zero-order valence-electron chi connectivity index (χ0n) is 6.91. The van der Waals surface area contributed by atoms with Gasteiger partial charge in [0.15, 0.2) is 7.85 Å². The molecule has 0 aromatic heterocycles. The van der Waals surface area contributed by atoms with Crippen LogP contribution in [0.15, 0.2) is 24.3 Å². The molecule has 0 fully saturated rings. The molecule has 0 saturated heterocycles. The van der Waals surface area contributed by atoms with Gasteiger partial charge in [0.25, 0.3) is 0 Å². The van der Waals surface area contributed by atoms with Crippen LogP contribution >= 0.6 is 0 Å². The highest BCUT2D eigenvalue weighted by Gasteiger charge is 2.08. The Bertz CT molecular complexity index is 288. The fourth-order valence-electron chi connectivity index (χ4n) is 0.892. The molecule has 0 saturated carbocycles. The second-order valence-corrected chi connectivity index (χ2v) is 2.31. The van der Waals surface area contributed by atoms with Gasteiger partial charge in [-0.25, -0.2) is 4.79 Å². The highest BCUT2D eigenvalue weighted by Crippen LogP contribution is 2.11. The van der Waals surface area contributed by atoms with Crippen molar-refractivity contribution in [1.29, 1.82) is 0 Å². The van der Waals surface area contributed by atoms with Gasteiger partial charge in [0.05, 0.1) is 12.1 Å². The van der Waals surface area contributed by atoms with E-state index in [1.807, 2.05) is 0 Å². The van der Waals surface area contributed by atoms with E-state index in [0.717, 1.165) is 0 Å². The number of hydrogen-bond acceptors (Lipinski definition) is 3. The molecule has 0 unspecified atom stereocenters. The van der Waals surface area contributed by atoms with Gasteiger partial charge in [0, 0.05) is 5.69 Å². The zero-order chi connectivity index (χ0) is 8.97. The van der Waals surface area contributed by atoms with E-state index in [2.05, 4.69) is 0 Å². The summed E-state index contributed by atoms with van der Waals surface area (Å²) >= 11 is 0. The SMILES string of the molecule is BCOC(=O)c1ccccc1N. The first kappa shape index (κ1) is 8.65. The Morgan fingerprint density at radius 2 is 2.17 bits per heavy atom. The first-order valence-electron chi connectivity index (χ1n) is 3.77. The van der Waals surface area contributed by atoms with Crippen molar-refractivity contribution in [1.82, 2.24) is 0 Å². The second-order valence-electron chi connectivity index (χ2n) is 2.31. The van der Waals surface area contributed by atoms with Crippen LogP contribution in [0.3, 0.4) is 0 Å². The van der Waals surface area contributed by atoms with Gasteiger partial charge in [-0.1, -0.05) is 12.1 Å². The van der Waals surface area contributed by atoms with Crippen molar-refractivity contribution in [2.75, 3.05) is 12.2 Å². The number of anilines is 1. The molecule has 62 valence electrons. The Hall–Kier alpha value is -1.45. The van der Waals surface area contributed by atoms with Gasteiger partial charge in [-0.3, -0.25) is 0 Å². The van der Waals surface area contributed by atoms with Crippen LogP contribution in [0.5, 0.6) is 0 Å². The molecule has 1 aromatic rings. The Labute approximate surface area is 71.9 Å². The number of rotatable bonds is 2. The maximum atomic E-state index is 11.2. The van der Waals surface area contributed by atoms with Crippen LogP contribution in [0, 0.1) is 0 Å². The molecule has 3 nitrogen and oxygen atoms in total. The molecule has 1 aromatic carbocycles. The predicted molar refractivity (Wildman–Crippen MR) is 49.7 cm³/mol. The number of carbonyl (C=O) groups is 1. The van der Waals surface area contributed by atoms with Crippen molar-refractivity contribution in [3.05, 3.63) is 29.8 Å². The molecule has 0 aliphatic heterocycles. The summed E-state index contributed by atoms with van der Waals surface area (Å²) in [6, 6.07) is 6.85. The smallest absolute Gasteiger partial charge is 0.339 e. The summed E-state index contributed by atoms with van der Waals surface area (Å²) in [6.07, 6.45) is 0. The number of esters is 1. The van der Waals surface area contributed by atoms with E-state index >= 15 is 0 Å². The number of nitrogens with two attached hydrogens (primary N) is 1. The molecular weight excluding hydrogens is 153 g/mol. The predicted octanol–water partition coefficient (Wildman–Crippen LogP) is 0.0162. The molecule has 0 aliphatic carbocycles. The lowest BCUT2D eigenvalue weighted by atomic mass is 10.1. The second kappa shape index (κ2) is 3.81. The van der Waals surface area contributed by atoms with Crippen LogP contribution in [0.1, 0.15) is 10.4 Å². The van der Waals surface area contributed by atoms with E-state index < -0.39 is 0 Å². The number of benzene rings is 1. The van der Waals surface area contributed by atoms with Crippen LogP contribution in [0.2, 0.25) is 0 Å². The van der Waals surface area contributed by atoms with Gasteiger partial charge in [-0.15, -0.1) is 0 Å². The van der Waals surface area contributed by atoms with Gasteiger partial charge < -0.3 is 10.5 Å². The van der Waals surface area contributed by atoms with Crippen molar-refractivity contribution >= 4 is 19.5 Å². The Kier molecular flexibility index (Phi) is 2.74. The van der Waals surface area contributed by atoms with Crippen molar-refractivity contribution in [2.24, 2.45) is 0 Å². The van der Waals surface area contributed by atoms with Crippen molar-refractivity contribution in [3.8, 4) is 0 Å². The van der Waals surface area contributed by atoms with Crippen LogP contribution < -0.4 is 5.73 Å². The summed E-state index contributed by atoms with van der Waals surface area (Å²) in [5.74, 6) is -0.365. The largest absolute Gasteiger partial charge is 0.472 e. The molecule has 0 spiro atoms. The van der Waals surface area contributed by atoms with Crippen LogP contribution in [-0.4, -0.2) is 20.3 Å². The van der Waals surface area contributed by atoms with E-state index in [4.69, 9.17) is 10.5 Å². The van der Waals surface area contributed by atoms with E-state index in [-0.39, 0.29) is 5.97 Å². The summed E-state index contributed by atoms with van der Waals surface area (Å²) in [7, 11) is 1.76. The average Bonchev–Trinajstić information content (AvgIpc) is 2.05. The Morgan fingerprint density at radius 1 is 1.50 bits per heavy atom. The minimum Gasteiger partial charge on any atom is -0.472 e. The van der Waals surface area contributed by atoms with Gasteiger partial charge >= 0.3 is 5.97 Å². The lowest BCUT2D eigenvalue weighted by molar-refractivity contribution is 0.0575. The molecule has 1 rings (SSSR count). The molecule has 4 heteroatoms. The van der Waals surface area contributed by atoms with Gasteiger partial charge in [0.1, 0.15) is 0 Å². The first-order chi connectivity index (χ1) is 5.75. The van der Waals surface area contributed by atoms with Gasteiger partial charge in [-0.2, -0.15) is 0 Å². The number of ether oxygens (including phenoxy) is 1. The molecule has 0 aliphatic rings. The number of carbonyl (C=O) groups excluding carboxylic acids is 1. The summed E-state index contributed by atoms with van der Waals surface area (Å²) < 4.78 is 4.79. The summed E-state index contributed by atoms with van der Waals surface area (Å²) in [6.45, 7) is 0.368. The highest BCUT2D eigenvalue weighted by molar-refractivity contribution is 6.09. The standard InChI is InChI=1S/C8H10BNO2/c9-5-12-8(11)6-3-1-2-4-7(6)10/h1-4H,5,9-10H2. The third-order valence-electron chi connectivity index (χ3n) is 1.46. The minimum atomic E-state index is -0.365. The van der Waals surface area contributed by atoms with E-state index in [0.29, 0.717) is 17.8 Å². The monoisotopic (exact) mass is 163 g/mol. The van der Waals surface area contributed by atoms with Crippen molar-refractivity contribution in [3.63, 3.8) is 0 Å². The van der Waals surface area contributed by atoms with Crippen LogP contribution in [0.25, 0.3) is 0 Å². The van der Waals surface area contributed by atoms with E-state index in [1.54, 1.807) is 32.1 Å². The number of para-hydroxylation sites is 1. The molecule has 0 radical (unpaired) electrons. The molecule has 0 bridgehead atoms. The lowest BCUT2D eigenvalue weighted by Crippen LogP contribution is -2.08. The zero-order valence-corrected chi connectivity index (χ0v) is 6.91. The first-order valence-corrected chi connectivity index (χ1v) is 3.77. The maximum absolute atomic E-state index is 11.2. The summed E-state index contributed by atoms with van der Waals surface area (Å²) in [4.78, 5) is 11.2. The van der Waals surface area contributed by atoms with Crippen LogP contribution in [-0.2, 0) is 4.74 Å². The highest BCUT2D eigenvalue weighted by atomic mass is 16.5. The average molecular weight is 163 g/mol. The molecule has 2 N–H and O–H groups in total. The molecule has 0 amide bonds. The van der Waals surface area contributed by atoms with Crippen molar-refractivity contribution in [2.45, 2.75) is 0 Å². The minimum absolute atomic E-state index is 0.365. The number of nitrogen functional groups attached to an aromatic ring is 1. The summed E-state index contributed by atoms with van der Waals surface area (Å²) in [5, 5.41) is 0. The third-order valence-corrected chi connectivity index (χ3v) is 1.46. The maximum Gasteiger partial charge on any atom is 0.339 e. The summed E-state index contributed by atoms with van der Waals surface area (Å²) in [5.41, 5.74) is 6.44. The fourth-order valence-corrected chi connectivity index (χ4v) is 0.892. The Morgan fingerprint density at radius 3 is 2.75 bits per heavy atom. The molecular formula is C8H10BNO2. The topological polar surface area (TPSA) is 52.3 Å². The molecule has 12 heavy (non-hydrogen) atoms. The number of hydrogen-bond donors (Lipinski definition) is 1. The van der Waals surface area contributed by atoms with E-state index in [9.17, 15) is 4.79 Å². The molecule has 0 heterocycles. The van der Waals surface area contributed by atoms with E-state index in [1.165, 1.54) is 0 Å². The van der Waals surface area contributed by atoms with Gasteiger partial charge in [-0.05, 0) is 12.1 Å². The molecule has 0 atom stereocenters. The lowest BCUT2D eigenvalue weighted by Gasteiger charge is -2.03. The third kappa shape index (κ3) is 1.78. The quantitative estimate of drug-likeness (QED) is 0.379. The van der Waals surface area contributed by atoms with Gasteiger partial charge in [0.2, 0.25) is 0 Å². The Balaban J connectivity index is 2.87. The van der Waals surface area contributed by atoms with Crippen LogP contribution in [0.4, 0.5) is 5.69 Å². The van der Waals surface area contributed by atoms with Crippen molar-refractivity contribution < 1.29 is 9.53 Å².